The van der Waals surface area contributed by atoms with Crippen molar-refractivity contribution in [3.63, 3.8) is 0 Å². The Morgan fingerprint density at radius 1 is 1.12 bits per heavy atom. The summed E-state index contributed by atoms with van der Waals surface area (Å²) in [4.78, 5) is 13.5. The van der Waals surface area contributed by atoms with E-state index in [1.807, 2.05) is 11.8 Å². The van der Waals surface area contributed by atoms with Gasteiger partial charge >= 0.3 is 5.97 Å². The van der Waals surface area contributed by atoms with E-state index in [9.17, 15) is 18.3 Å². The van der Waals surface area contributed by atoms with E-state index in [0.717, 1.165) is 19.4 Å². The molecular weight excluding hydrogens is 352 g/mol. The van der Waals surface area contributed by atoms with E-state index in [1.54, 1.807) is 24.3 Å². The van der Waals surface area contributed by atoms with Gasteiger partial charge in [0.15, 0.2) is 0 Å². The maximum atomic E-state index is 12.7. The quantitative estimate of drug-likeness (QED) is 0.695. The number of aromatic carboxylic acids is 1. The largest absolute Gasteiger partial charge is 0.478 e. The third kappa shape index (κ3) is 4.76. The van der Waals surface area contributed by atoms with Crippen LogP contribution in [0.25, 0.3) is 0 Å². The Balaban J connectivity index is 2.46. The molecule has 0 radical (unpaired) electrons. The standard InChI is InChI=1S/C19H24N2O4S/c1-3-5-13-21(4-2)18-12-11-15(19(22)23)14-17(18)20-26(24,25)16-9-7-6-8-10-16/h6-12,14,20H,3-5,13H2,1-2H3,(H,22,23). The summed E-state index contributed by atoms with van der Waals surface area (Å²) >= 11 is 0. The fourth-order valence-electron chi connectivity index (χ4n) is 2.63. The number of sulfonamides is 1. The van der Waals surface area contributed by atoms with Crippen LogP contribution in [0.5, 0.6) is 0 Å². The van der Waals surface area contributed by atoms with Gasteiger partial charge in [-0.2, -0.15) is 0 Å². The lowest BCUT2D eigenvalue weighted by atomic mass is 10.1. The van der Waals surface area contributed by atoms with E-state index in [1.165, 1.54) is 24.3 Å². The average molecular weight is 376 g/mol. The Bertz CT molecular complexity index is 851. The molecule has 0 spiro atoms. The van der Waals surface area contributed by atoms with E-state index in [2.05, 4.69) is 11.6 Å². The molecule has 0 aliphatic heterocycles. The highest BCUT2D eigenvalue weighted by atomic mass is 32.2. The molecule has 0 saturated carbocycles. The number of benzene rings is 2. The average Bonchev–Trinajstić information content (AvgIpc) is 2.63. The Morgan fingerprint density at radius 3 is 2.38 bits per heavy atom. The van der Waals surface area contributed by atoms with Crippen molar-refractivity contribution in [3.05, 3.63) is 54.1 Å². The number of unbranched alkanes of at least 4 members (excludes halogenated alkanes) is 1. The fraction of sp³-hybridized carbons (Fsp3) is 0.316. The Hall–Kier alpha value is -2.54. The van der Waals surface area contributed by atoms with Gasteiger partial charge in [-0.3, -0.25) is 4.72 Å². The van der Waals surface area contributed by atoms with Crippen molar-refractivity contribution in [3.8, 4) is 0 Å². The molecule has 2 rings (SSSR count). The van der Waals surface area contributed by atoms with Crippen molar-refractivity contribution in [2.24, 2.45) is 0 Å². The maximum Gasteiger partial charge on any atom is 0.335 e. The van der Waals surface area contributed by atoms with E-state index >= 15 is 0 Å². The summed E-state index contributed by atoms with van der Waals surface area (Å²) in [6, 6.07) is 12.5. The van der Waals surface area contributed by atoms with E-state index in [4.69, 9.17) is 0 Å². The van der Waals surface area contributed by atoms with Gasteiger partial charge in [0.2, 0.25) is 0 Å². The molecule has 0 aliphatic carbocycles. The molecule has 7 heteroatoms. The number of rotatable bonds is 9. The third-order valence-corrected chi connectivity index (χ3v) is 5.43. The number of carbonyl (C=O) groups is 1. The van der Waals surface area contributed by atoms with Crippen LogP contribution in [0.3, 0.4) is 0 Å². The number of nitrogens with zero attached hydrogens (tertiary/aromatic N) is 1. The number of anilines is 2. The highest BCUT2D eigenvalue weighted by Gasteiger charge is 2.19. The highest BCUT2D eigenvalue weighted by Crippen LogP contribution is 2.30. The van der Waals surface area contributed by atoms with Crippen molar-refractivity contribution in [1.82, 2.24) is 0 Å². The molecule has 0 bridgehead atoms. The first-order chi connectivity index (χ1) is 12.4. The molecule has 2 N–H and O–H groups in total. The second-order valence-corrected chi connectivity index (χ2v) is 7.57. The summed E-state index contributed by atoms with van der Waals surface area (Å²) < 4.78 is 27.9. The molecule has 140 valence electrons. The SMILES string of the molecule is CCCCN(CC)c1ccc(C(=O)O)cc1NS(=O)(=O)c1ccccc1. The zero-order valence-corrected chi connectivity index (χ0v) is 15.8. The minimum atomic E-state index is -3.81. The van der Waals surface area contributed by atoms with Crippen LogP contribution in [0.4, 0.5) is 11.4 Å². The number of hydrogen-bond donors (Lipinski definition) is 2. The lowest BCUT2D eigenvalue weighted by Gasteiger charge is -2.26. The Labute approximate surface area is 154 Å². The summed E-state index contributed by atoms with van der Waals surface area (Å²) in [5.41, 5.74) is 0.975. The van der Waals surface area contributed by atoms with Gasteiger partial charge in [-0.15, -0.1) is 0 Å². The van der Waals surface area contributed by atoms with Gasteiger partial charge in [-0.1, -0.05) is 31.5 Å². The number of nitrogens with one attached hydrogen (secondary N) is 1. The molecule has 2 aromatic rings. The van der Waals surface area contributed by atoms with Crippen molar-refractivity contribution in [1.29, 1.82) is 0 Å². The van der Waals surface area contributed by atoms with E-state index < -0.39 is 16.0 Å². The Kier molecular flexibility index (Phi) is 6.63. The van der Waals surface area contributed by atoms with Crippen molar-refractivity contribution in [2.45, 2.75) is 31.6 Å². The first-order valence-corrected chi connectivity index (χ1v) is 10.1. The van der Waals surface area contributed by atoms with Crippen LogP contribution in [0.15, 0.2) is 53.4 Å². The molecule has 2 aromatic carbocycles. The summed E-state index contributed by atoms with van der Waals surface area (Å²) in [6.45, 7) is 5.52. The molecule has 0 unspecified atom stereocenters. The van der Waals surface area contributed by atoms with Crippen LogP contribution in [0.1, 0.15) is 37.0 Å². The molecule has 0 aliphatic rings. The summed E-state index contributed by atoms with van der Waals surface area (Å²) in [6.07, 6.45) is 1.97. The summed E-state index contributed by atoms with van der Waals surface area (Å²) in [7, 11) is -3.81. The van der Waals surface area contributed by atoms with Crippen LogP contribution < -0.4 is 9.62 Å². The zero-order chi connectivity index (χ0) is 19.2. The first-order valence-electron chi connectivity index (χ1n) is 8.59. The van der Waals surface area contributed by atoms with Crippen LogP contribution in [0.2, 0.25) is 0 Å². The van der Waals surface area contributed by atoms with Crippen molar-refractivity contribution in [2.75, 3.05) is 22.7 Å². The molecule has 0 atom stereocenters. The minimum Gasteiger partial charge on any atom is -0.478 e. The van der Waals surface area contributed by atoms with Crippen molar-refractivity contribution >= 4 is 27.4 Å². The third-order valence-electron chi connectivity index (χ3n) is 4.05. The molecule has 0 heterocycles. The van der Waals surface area contributed by atoms with E-state index in [-0.39, 0.29) is 16.1 Å². The van der Waals surface area contributed by atoms with Crippen LogP contribution >= 0.6 is 0 Å². The Morgan fingerprint density at radius 2 is 1.81 bits per heavy atom. The molecule has 6 nitrogen and oxygen atoms in total. The lowest BCUT2D eigenvalue weighted by Crippen LogP contribution is -2.26. The molecular formula is C19H24N2O4S. The van der Waals surface area contributed by atoms with Gasteiger partial charge in [0, 0.05) is 13.1 Å². The second kappa shape index (κ2) is 8.71. The van der Waals surface area contributed by atoms with Crippen LogP contribution in [0, 0.1) is 0 Å². The van der Waals surface area contributed by atoms with E-state index in [0.29, 0.717) is 12.2 Å². The molecule has 0 amide bonds. The fourth-order valence-corrected chi connectivity index (χ4v) is 3.71. The van der Waals surface area contributed by atoms with Gasteiger partial charge in [0.05, 0.1) is 21.8 Å². The number of carboxylic acid groups (broad SMARTS) is 1. The zero-order valence-electron chi connectivity index (χ0n) is 15.0. The molecule has 0 fully saturated rings. The lowest BCUT2D eigenvalue weighted by molar-refractivity contribution is 0.0697. The van der Waals surface area contributed by atoms with Crippen molar-refractivity contribution < 1.29 is 18.3 Å². The van der Waals surface area contributed by atoms with Gasteiger partial charge in [-0.25, -0.2) is 13.2 Å². The monoisotopic (exact) mass is 376 g/mol. The predicted molar refractivity (Wildman–Crippen MR) is 103 cm³/mol. The first kappa shape index (κ1) is 19.8. The molecule has 0 saturated heterocycles. The smallest absolute Gasteiger partial charge is 0.335 e. The number of hydrogen-bond acceptors (Lipinski definition) is 4. The molecule has 0 aromatic heterocycles. The van der Waals surface area contributed by atoms with Gasteiger partial charge in [-0.05, 0) is 43.7 Å². The highest BCUT2D eigenvalue weighted by molar-refractivity contribution is 7.92. The number of carboxylic acids is 1. The van der Waals surface area contributed by atoms with Gasteiger partial charge in [0.1, 0.15) is 0 Å². The van der Waals surface area contributed by atoms with Crippen LogP contribution in [-0.2, 0) is 10.0 Å². The van der Waals surface area contributed by atoms with Gasteiger partial charge in [0.25, 0.3) is 10.0 Å². The topological polar surface area (TPSA) is 86.7 Å². The second-order valence-electron chi connectivity index (χ2n) is 5.89. The molecule has 26 heavy (non-hydrogen) atoms. The van der Waals surface area contributed by atoms with Gasteiger partial charge < -0.3 is 10.0 Å². The summed E-state index contributed by atoms with van der Waals surface area (Å²) in [5, 5.41) is 9.26. The predicted octanol–water partition coefficient (Wildman–Crippen LogP) is 3.81. The maximum absolute atomic E-state index is 12.7. The van der Waals surface area contributed by atoms with Crippen LogP contribution in [-0.4, -0.2) is 32.6 Å². The summed E-state index contributed by atoms with van der Waals surface area (Å²) in [5.74, 6) is -1.10. The minimum absolute atomic E-state index is 0.0334. The normalized spacial score (nSPS) is 11.2.